The number of para-hydroxylation sites is 1. The molecule has 1 aliphatic rings. The van der Waals surface area contributed by atoms with Crippen LogP contribution < -0.4 is 10.2 Å². The predicted octanol–water partition coefficient (Wildman–Crippen LogP) is 2.56. The summed E-state index contributed by atoms with van der Waals surface area (Å²) in [7, 11) is 0. The number of aromatic nitrogens is 1. The Kier molecular flexibility index (Phi) is 5.49. The second kappa shape index (κ2) is 8.17. The van der Waals surface area contributed by atoms with Crippen LogP contribution in [0, 0.1) is 18.3 Å². The molecular weight excluding hydrogens is 326 g/mol. The zero-order valence-corrected chi connectivity index (χ0v) is 14.7. The number of nitrogens with zero attached hydrogens (tertiary/aromatic N) is 4. The van der Waals surface area contributed by atoms with Crippen molar-refractivity contribution in [3.05, 3.63) is 66.0 Å². The molecule has 0 atom stereocenters. The van der Waals surface area contributed by atoms with Crippen molar-refractivity contribution in [3.63, 3.8) is 0 Å². The van der Waals surface area contributed by atoms with Crippen LogP contribution in [0.15, 0.2) is 60.4 Å². The molecule has 1 N–H and O–H groups in total. The van der Waals surface area contributed by atoms with E-state index in [1.807, 2.05) is 60.4 Å². The number of nitrogens with one attached hydrogen (secondary N) is 1. The Morgan fingerprint density at radius 3 is 2.54 bits per heavy atom. The minimum absolute atomic E-state index is 0.111. The fraction of sp³-hybridized carbons (Fsp3) is 0.250. The molecule has 1 amide bonds. The zero-order valence-electron chi connectivity index (χ0n) is 14.7. The molecule has 1 fully saturated rings. The second-order valence-electron chi connectivity index (χ2n) is 6.13. The Bertz CT molecular complexity index is 833. The van der Waals surface area contributed by atoms with E-state index in [0.29, 0.717) is 0 Å². The molecule has 2 heterocycles. The van der Waals surface area contributed by atoms with Crippen molar-refractivity contribution in [3.8, 4) is 6.07 Å². The smallest absolute Gasteiger partial charge is 0.267 e. The number of hydrogen-bond acceptors (Lipinski definition) is 5. The van der Waals surface area contributed by atoms with Crippen LogP contribution in [-0.4, -0.2) is 42.0 Å². The van der Waals surface area contributed by atoms with Crippen molar-refractivity contribution < 1.29 is 4.79 Å². The van der Waals surface area contributed by atoms with Crippen LogP contribution in [0.25, 0.3) is 0 Å². The fourth-order valence-electron chi connectivity index (χ4n) is 2.84. The summed E-state index contributed by atoms with van der Waals surface area (Å²) in [5.41, 5.74) is 1.79. The van der Waals surface area contributed by atoms with Crippen LogP contribution >= 0.6 is 0 Å². The molecule has 1 aromatic carbocycles. The maximum atomic E-state index is 12.4. The van der Waals surface area contributed by atoms with Crippen molar-refractivity contribution in [1.29, 1.82) is 5.26 Å². The lowest BCUT2D eigenvalue weighted by molar-refractivity contribution is -0.112. The SMILES string of the molecule is Cc1ccccc1NC(=O)/C(C#N)=C\N1CCN(c2ccccn2)CC1. The van der Waals surface area contributed by atoms with E-state index in [1.165, 1.54) is 0 Å². The molecule has 6 heteroatoms. The van der Waals surface area contributed by atoms with Crippen molar-refractivity contribution in [1.82, 2.24) is 9.88 Å². The van der Waals surface area contributed by atoms with E-state index in [4.69, 9.17) is 0 Å². The number of piperazine rings is 1. The lowest BCUT2D eigenvalue weighted by Crippen LogP contribution is -2.44. The lowest BCUT2D eigenvalue weighted by Gasteiger charge is -2.34. The van der Waals surface area contributed by atoms with Crippen LogP contribution in [0.2, 0.25) is 0 Å². The van der Waals surface area contributed by atoms with Gasteiger partial charge in [0.15, 0.2) is 0 Å². The quantitative estimate of drug-likeness (QED) is 0.680. The second-order valence-corrected chi connectivity index (χ2v) is 6.13. The van der Waals surface area contributed by atoms with E-state index in [2.05, 4.69) is 15.2 Å². The highest BCUT2D eigenvalue weighted by Gasteiger charge is 2.18. The van der Waals surface area contributed by atoms with Crippen molar-refractivity contribution in [2.75, 3.05) is 36.4 Å². The Labute approximate surface area is 153 Å². The number of aryl methyl sites for hydroxylation is 1. The monoisotopic (exact) mass is 347 g/mol. The van der Waals surface area contributed by atoms with E-state index in [1.54, 1.807) is 12.4 Å². The summed E-state index contributed by atoms with van der Waals surface area (Å²) in [6, 6.07) is 15.4. The van der Waals surface area contributed by atoms with E-state index in [-0.39, 0.29) is 11.5 Å². The van der Waals surface area contributed by atoms with Gasteiger partial charge in [0.1, 0.15) is 17.5 Å². The summed E-state index contributed by atoms with van der Waals surface area (Å²) in [6.07, 6.45) is 3.44. The minimum atomic E-state index is -0.381. The summed E-state index contributed by atoms with van der Waals surface area (Å²) in [4.78, 5) is 21.0. The highest BCUT2D eigenvalue weighted by atomic mass is 16.1. The van der Waals surface area contributed by atoms with Gasteiger partial charge < -0.3 is 15.1 Å². The molecule has 0 radical (unpaired) electrons. The van der Waals surface area contributed by atoms with Crippen molar-refractivity contribution >= 4 is 17.4 Å². The Balaban J connectivity index is 1.62. The number of carbonyl (C=O) groups is 1. The summed E-state index contributed by atoms with van der Waals surface area (Å²) < 4.78 is 0. The van der Waals surface area contributed by atoms with Gasteiger partial charge >= 0.3 is 0 Å². The number of nitriles is 1. The first-order valence-corrected chi connectivity index (χ1v) is 8.56. The number of benzene rings is 1. The Morgan fingerprint density at radius 2 is 1.88 bits per heavy atom. The molecular formula is C20H21N5O. The van der Waals surface area contributed by atoms with E-state index >= 15 is 0 Å². The van der Waals surface area contributed by atoms with Crippen LogP contribution in [-0.2, 0) is 4.79 Å². The highest BCUT2D eigenvalue weighted by Crippen LogP contribution is 2.16. The Morgan fingerprint density at radius 1 is 1.15 bits per heavy atom. The zero-order chi connectivity index (χ0) is 18.4. The standard InChI is InChI=1S/C20H21N5O/c1-16-6-2-3-7-18(16)23-20(26)17(14-21)15-24-10-12-25(13-11-24)19-8-4-5-9-22-19/h2-9,15H,10-13H2,1H3,(H,23,26)/b17-15-. The van der Waals surface area contributed by atoms with Gasteiger partial charge in [-0.2, -0.15) is 5.26 Å². The van der Waals surface area contributed by atoms with Crippen molar-refractivity contribution in [2.24, 2.45) is 0 Å². The topological polar surface area (TPSA) is 72.3 Å². The molecule has 0 aliphatic carbocycles. The van der Waals surface area contributed by atoms with Gasteiger partial charge in [-0.1, -0.05) is 24.3 Å². The van der Waals surface area contributed by atoms with Gasteiger partial charge in [0, 0.05) is 44.3 Å². The normalized spacial score (nSPS) is 14.7. The van der Waals surface area contributed by atoms with Gasteiger partial charge in [0.2, 0.25) is 0 Å². The number of anilines is 2. The average molecular weight is 347 g/mol. The molecule has 1 aliphatic heterocycles. The third-order valence-corrected chi connectivity index (χ3v) is 4.36. The first-order valence-electron chi connectivity index (χ1n) is 8.56. The van der Waals surface area contributed by atoms with Crippen LogP contribution in [0.3, 0.4) is 0 Å². The molecule has 1 aromatic heterocycles. The molecule has 0 saturated carbocycles. The number of rotatable bonds is 4. The molecule has 132 valence electrons. The molecule has 26 heavy (non-hydrogen) atoms. The first kappa shape index (κ1) is 17.5. The molecule has 3 rings (SSSR count). The van der Waals surface area contributed by atoms with Gasteiger partial charge in [-0.15, -0.1) is 0 Å². The van der Waals surface area contributed by atoms with Gasteiger partial charge in [-0.3, -0.25) is 4.79 Å². The highest BCUT2D eigenvalue weighted by molar-refractivity contribution is 6.06. The third-order valence-electron chi connectivity index (χ3n) is 4.36. The van der Waals surface area contributed by atoms with Crippen molar-refractivity contribution in [2.45, 2.75) is 6.92 Å². The van der Waals surface area contributed by atoms with Crippen LogP contribution in [0.4, 0.5) is 11.5 Å². The summed E-state index contributed by atoms with van der Waals surface area (Å²) in [6.45, 7) is 4.98. The van der Waals surface area contributed by atoms with Crippen LogP contribution in [0.1, 0.15) is 5.56 Å². The van der Waals surface area contributed by atoms with Gasteiger partial charge in [-0.25, -0.2) is 4.98 Å². The fourth-order valence-corrected chi connectivity index (χ4v) is 2.84. The summed E-state index contributed by atoms with van der Waals surface area (Å²) >= 11 is 0. The Hall–Kier alpha value is -3.33. The molecule has 0 unspecified atom stereocenters. The molecule has 6 nitrogen and oxygen atoms in total. The van der Waals surface area contributed by atoms with Gasteiger partial charge in [0.25, 0.3) is 5.91 Å². The maximum absolute atomic E-state index is 12.4. The molecule has 1 saturated heterocycles. The number of hydrogen-bond donors (Lipinski definition) is 1. The third kappa shape index (κ3) is 4.19. The molecule has 0 bridgehead atoms. The van der Waals surface area contributed by atoms with E-state index in [9.17, 15) is 10.1 Å². The molecule has 2 aromatic rings. The number of carbonyl (C=O) groups excluding carboxylic acids is 1. The van der Waals surface area contributed by atoms with Crippen LogP contribution in [0.5, 0.6) is 0 Å². The maximum Gasteiger partial charge on any atom is 0.267 e. The minimum Gasteiger partial charge on any atom is -0.373 e. The predicted molar refractivity (Wildman–Crippen MR) is 102 cm³/mol. The number of pyridine rings is 1. The molecule has 0 spiro atoms. The largest absolute Gasteiger partial charge is 0.373 e. The van der Waals surface area contributed by atoms with Gasteiger partial charge in [0.05, 0.1) is 0 Å². The van der Waals surface area contributed by atoms with Gasteiger partial charge in [-0.05, 0) is 30.7 Å². The van der Waals surface area contributed by atoms with E-state index in [0.717, 1.165) is 43.2 Å². The first-order chi connectivity index (χ1) is 12.7. The average Bonchev–Trinajstić information content (AvgIpc) is 2.69. The summed E-state index contributed by atoms with van der Waals surface area (Å²) in [5, 5.41) is 12.2. The summed E-state index contributed by atoms with van der Waals surface area (Å²) in [5.74, 6) is 0.572. The number of amides is 1. The van der Waals surface area contributed by atoms with E-state index < -0.39 is 0 Å². The lowest BCUT2D eigenvalue weighted by atomic mass is 10.2.